The molecule has 3 aromatic heterocycles. The number of aryl methyl sites for hydroxylation is 3. The van der Waals surface area contributed by atoms with E-state index in [1.807, 2.05) is 35.8 Å². The third kappa shape index (κ3) is 3.62. The predicted molar refractivity (Wildman–Crippen MR) is 166 cm³/mol. The summed E-state index contributed by atoms with van der Waals surface area (Å²) in [5.41, 5.74) is 8.96. The van der Waals surface area contributed by atoms with Crippen molar-refractivity contribution < 1.29 is 9.84 Å². The molecular weight excluding hydrogens is 518 g/mol. The third-order valence-electron chi connectivity index (χ3n) is 8.03. The molecule has 1 aliphatic rings. The number of benzene rings is 3. The van der Waals surface area contributed by atoms with Gasteiger partial charge >= 0.3 is 0 Å². The first kappa shape index (κ1) is 25.0. The Bertz CT molecular complexity index is 1940. The first-order valence-electron chi connectivity index (χ1n) is 13.8. The van der Waals surface area contributed by atoms with Crippen molar-refractivity contribution in [2.24, 2.45) is 7.05 Å². The van der Waals surface area contributed by atoms with Crippen LogP contribution < -0.4 is 10.1 Å². The van der Waals surface area contributed by atoms with Crippen LogP contribution in [0.1, 0.15) is 38.1 Å². The largest absolute Gasteiger partial charge is 0.495 e. The second kappa shape index (κ2) is 9.27. The Morgan fingerprint density at radius 2 is 1.98 bits per heavy atom. The highest BCUT2D eigenvalue weighted by atomic mass is 32.2. The molecule has 1 aliphatic carbocycles. The van der Waals surface area contributed by atoms with Crippen LogP contribution in [0.15, 0.2) is 53.7 Å². The number of fused-ring (bicyclic) bond motifs is 10. The van der Waals surface area contributed by atoms with Gasteiger partial charge in [-0.3, -0.25) is 4.68 Å². The average Bonchev–Trinajstić information content (AvgIpc) is 3.61. The lowest BCUT2D eigenvalue weighted by molar-refractivity contribution is 0.416. The number of nitrogens with zero attached hydrogens (tertiary/aromatic N) is 3. The van der Waals surface area contributed by atoms with Gasteiger partial charge in [0.25, 0.3) is 0 Å². The van der Waals surface area contributed by atoms with E-state index in [4.69, 9.17) is 9.84 Å². The van der Waals surface area contributed by atoms with Gasteiger partial charge in [-0.2, -0.15) is 5.10 Å². The molecule has 3 heterocycles. The number of rotatable bonds is 6. The lowest BCUT2D eigenvalue weighted by Gasteiger charge is -2.21. The van der Waals surface area contributed by atoms with Crippen LogP contribution in [0.4, 0.5) is 11.4 Å². The summed E-state index contributed by atoms with van der Waals surface area (Å²) in [7, 11) is 3.68. The summed E-state index contributed by atoms with van der Waals surface area (Å²) in [5, 5.41) is 23.7. The number of aromatic hydroxyl groups is 1. The fraction of sp³-hybridized carbons (Fsp3) is 0.281. The number of methoxy groups -OCH3 is 1. The molecule has 0 bridgehead atoms. The van der Waals surface area contributed by atoms with Crippen LogP contribution in [-0.2, 0) is 19.9 Å². The molecule has 8 heteroatoms. The molecule has 3 N–H and O–H groups in total. The molecule has 0 amide bonds. The molecule has 40 heavy (non-hydrogen) atoms. The van der Waals surface area contributed by atoms with Crippen molar-refractivity contribution in [2.75, 3.05) is 18.2 Å². The molecule has 3 aromatic carbocycles. The van der Waals surface area contributed by atoms with Gasteiger partial charge in [-0.05, 0) is 74.4 Å². The van der Waals surface area contributed by atoms with Crippen LogP contribution in [0.25, 0.3) is 43.7 Å². The van der Waals surface area contributed by atoms with Crippen molar-refractivity contribution in [3.63, 3.8) is 0 Å². The SMILES string of the molecule is CCSc1ccc(OC)c(Nc2ccc3c(c2)c2c4c[nH]c(O)c4c4c(c2n3C(C)C)CCc2nn(C)cc2-4)c1. The van der Waals surface area contributed by atoms with Gasteiger partial charge in [-0.15, -0.1) is 11.8 Å². The molecular formula is C32H33N5O2S. The first-order chi connectivity index (χ1) is 19.4. The summed E-state index contributed by atoms with van der Waals surface area (Å²) in [4.78, 5) is 4.33. The Balaban J connectivity index is 1.52. The predicted octanol–water partition coefficient (Wildman–Crippen LogP) is 7.93. The fourth-order valence-corrected chi connectivity index (χ4v) is 7.24. The maximum absolute atomic E-state index is 11.1. The van der Waals surface area contributed by atoms with Crippen LogP contribution in [0.5, 0.6) is 11.6 Å². The Kier molecular flexibility index (Phi) is 5.78. The van der Waals surface area contributed by atoms with Gasteiger partial charge in [0.05, 0.1) is 29.4 Å². The monoisotopic (exact) mass is 551 g/mol. The molecule has 0 saturated heterocycles. The number of nitrogens with one attached hydrogen (secondary N) is 2. The van der Waals surface area contributed by atoms with Gasteiger partial charge in [-0.1, -0.05) is 6.92 Å². The van der Waals surface area contributed by atoms with Crippen molar-refractivity contribution in [3.8, 4) is 22.8 Å². The summed E-state index contributed by atoms with van der Waals surface area (Å²) in [6.45, 7) is 6.65. The fourth-order valence-electron chi connectivity index (χ4n) is 6.54. The van der Waals surface area contributed by atoms with Gasteiger partial charge in [0, 0.05) is 68.9 Å². The number of hydrogen-bond acceptors (Lipinski definition) is 5. The minimum Gasteiger partial charge on any atom is -0.495 e. The number of aromatic amines is 1. The average molecular weight is 552 g/mol. The van der Waals surface area contributed by atoms with Gasteiger partial charge in [0.15, 0.2) is 5.88 Å². The number of ether oxygens (including phenoxy) is 1. The van der Waals surface area contributed by atoms with Crippen LogP contribution >= 0.6 is 11.8 Å². The van der Waals surface area contributed by atoms with E-state index in [1.165, 1.54) is 26.9 Å². The van der Waals surface area contributed by atoms with E-state index >= 15 is 0 Å². The Morgan fingerprint density at radius 3 is 2.75 bits per heavy atom. The zero-order valence-electron chi connectivity index (χ0n) is 23.4. The molecule has 7 nitrogen and oxygen atoms in total. The maximum Gasteiger partial charge on any atom is 0.197 e. The van der Waals surface area contributed by atoms with Gasteiger partial charge < -0.3 is 24.7 Å². The smallest absolute Gasteiger partial charge is 0.197 e. The number of hydrogen-bond donors (Lipinski definition) is 3. The van der Waals surface area contributed by atoms with Crippen molar-refractivity contribution in [1.82, 2.24) is 19.3 Å². The van der Waals surface area contributed by atoms with Gasteiger partial charge in [0.2, 0.25) is 0 Å². The zero-order valence-corrected chi connectivity index (χ0v) is 24.2. The molecule has 0 fully saturated rings. The van der Waals surface area contributed by atoms with Crippen molar-refractivity contribution in [3.05, 3.63) is 60.0 Å². The number of aromatic nitrogens is 4. The first-order valence-corrected chi connectivity index (χ1v) is 14.8. The highest BCUT2D eigenvalue weighted by Crippen LogP contribution is 2.50. The van der Waals surface area contributed by atoms with Crippen molar-refractivity contribution >= 4 is 55.7 Å². The topological polar surface area (TPSA) is 80.0 Å². The molecule has 0 saturated carbocycles. The Labute approximate surface area is 237 Å². The number of thioether (sulfide) groups is 1. The lowest BCUT2D eigenvalue weighted by Crippen LogP contribution is -2.08. The van der Waals surface area contributed by atoms with Crippen LogP contribution in [0, 0.1) is 0 Å². The lowest BCUT2D eigenvalue weighted by atomic mass is 9.85. The maximum atomic E-state index is 11.1. The van der Waals surface area contributed by atoms with Crippen LogP contribution in [0.2, 0.25) is 0 Å². The molecule has 0 aliphatic heterocycles. The molecule has 0 radical (unpaired) electrons. The zero-order chi connectivity index (χ0) is 27.7. The van der Waals surface area contributed by atoms with Crippen LogP contribution in [-0.4, -0.2) is 37.3 Å². The van der Waals surface area contributed by atoms with E-state index in [0.29, 0.717) is 0 Å². The highest BCUT2D eigenvalue weighted by Gasteiger charge is 2.30. The normalized spacial score (nSPS) is 12.9. The molecule has 6 aromatic rings. The van der Waals surface area contributed by atoms with E-state index in [-0.39, 0.29) is 11.9 Å². The second-order valence-corrected chi connectivity index (χ2v) is 12.1. The van der Waals surface area contributed by atoms with Gasteiger partial charge in [0.1, 0.15) is 5.75 Å². The van der Waals surface area contributed by atoms with Gasteiger partial charge in [-0.25, -0.2) is 0 Å². The van der Waals surface area contributed by atoms with E-state index in [9.17, 15) is 5.11 Å². The van der Waals surface area contributed by atoms with Crippen molar-refractivity contribution in [1.29, 1.82) is 0 Å². The van der Waals surface area contributed by atoms with Crippen LogP contribution in [0.3, 0.4) is 0 Å². The Morgan fingerprint density at radius 1 is 1.12 bits per heavy atom. The minimum absolute atomic E-state index is 0.208. The Hall–Kier alpha value is -4.04. The summed E-state index contributed by atoms with van der Waals surface area (Å²) in [6.07, 6.45) is 5.81. The summed E-state index contributed by atoms with van der Waals surface area (Å²) >= 11 is 1.81. The van der Waals surface area contributed by atoms with E-state index in [1.54, 1.807) is 7.11 Å². The second-order valence-electron chi connectivity index (χ2n) is 10.8. The molecule has 0 atom stereocenters. The molecule has 0 spiro atoms. The third-order valence-corrected chi connectivity index (χ3v) is 8.91. The highest BCUT2D eigenvalue weighted by molar-refractivity contribution is 7.99. The van der Waals surface area contributed by atoms with E-state index in [0.717, 1.165) is 68.7 Å². The molecule has 204 valence electrons. The standard InChI is InChI=1S/C32H33N5O2S/c1-6-40-19-8-12-27(39-5)25(14-19)34-18-7-11-26-21(13-18)29-22-15-33-32(38)30(22)28-20(31(29)37(26)17(2)3)9-10-24-23(28)16-36(4)35-24/h7-8,11-17,33-34,38H,6,9-10H2,1-5H3. The molecule has 0 unspecified atom stereocenters. The summed E-state index contributed by atoms with van der Waals surface area (Å²) < 4.78 is 10.0. The quantitative estimate of drug-likeness (QED) is 0.183. The number of anilines is 2. The summed E-state index contributed by atoms with van der Waals surface area (Å²) in [5.74, 6) is 2.03. The molecule has 7 rings (SSSR count). The number of H-pyrrole nitrogens is 1. The van der Waals surface area contributed by atoms with E-state index in [2.05, 4.69) is 72.2 Å². The minimum atomic E-state index is 0.208. The summed E-state index contributed by atoms with van der Waals surface area (Å²) in [6, 6.07) is 13.1. The van der Waals surface area contributed by atoms with E-state index < -0.39 is 0 Å². The van der Waals surface area contributed by atoms with Crippen molar-refractivity contribution in [2.45, 2.75) is 44.6 Å².